The van der Waals surface area contributed by atoms with Crippen molar-refractivity contribution in [3.8, 4) is 11.8 Å². The van der Waals surface area contributed by atoms with Gasteiger partial charge in [0.25, 0.3) is 0 Å². The van der Waals surface area contributed by atoms with E-state index in [1.54, 1.807) is 0 Å². The van der Waals surface area contributed by atoms with Crippen molar-refractivity contribution in [1.82, 2.24) is 4.90 Å². The molecule has 0 aromatic heterocycles. The maximum absolute atomic E-state index is 12.9. The van der Waals surface area contributed by atoms with E-state index in [1.165, 1.54) is 31.3 Å². The summed E-state index contributed by atoms with van der Waals surface area (Å²) in [6.07, 6.45) is 12.6. The normalized spacial score (nSPS) is 50.5. The molecule has 6 rings (SSSR count). The van der Waals surface area contributed by atoms with Gasteiger partial charge >= 0.3 is 5.97 Å². The highest BCUT2D eigenvalue weighted by molar-refractivity contribution is 5.76. The molecular formula is C37H57NO3. The second-order valence-electron chi connectivity index (χ2n) is 17.0. The molecule has 1 saturated heterocycles. The third-order valence-corrected chi connectivity index (χ3v) is 15.5. The molecule has 4 heteroatoms. The van der Waals surface area contributed by atoms with Crippen molar-refractivity contribution in [3.63, 3.8) is 0 Å². The number of rotatable bonds is 3. The van der Waals surface area contributed by atoms with E-state index in [-0.39, 0.29) is 27.6 Å². The number of allylic oxidation sites excluding steroid dienone is 1. The van der Waals surface area contributed by atoms with Crippen LogP contribution in [-0.2, 0) is 4.79 Å². The summed E-state index contributed by atoms with van der Waals surface area (Å²) in [5.41, 5.74) is -0.0771. The van der Waals surface area contributed by atoms with Gasteiger partial charge in [-0.25, -0.2) is 0 Å². The highest BCUT2D eigenvalue weighted by Gasteiger charge is 2.73. The van der Waals surface area contributed by atoms with Crippen LogP contribution in [0.2, 0.25) is 0 Å². The van der Waals surface area contributed by atoms with Gasteiger partial charge < -0.3 is 10.2 Å². The number of aliphatic carboxylic acids is 1. The van der Waals surface area contributed by atoms with Gasteiger partial charge in [-0.1, -0.05) is 58.6 Å². The molecule has 0 aromatic carbocycles. The quantitative estimate of drug-likeness (QED) is 0.275. The lowest BCUT2D eigenvalue weighted by molar-refractivity contribution is -0.256. The smallest absolute Gasteiger partial charge is 0.309 e. The average molecular weight is 564 g/mol. The molecule has 0 amide bonds. The van der Waals surface area contributed by atoms with Crippen molar-refractivity contribution < 1.29 is 15.0 Å². The van der Waals surface area contributed by atoms with Crippen LogP contribution >= 0.6 is 0 Å². The zero-order valence-corrected chi connectivity index (χ0v) is 27.0. The van der Waals surface area contributed by atoms with Crippen LogP contribution in [-0.4, -0.2) is 46.3 Å². The molecule has 6 aliphatic rings. The maximum Gasteiger partial charge on any atom is 0.309 e. The van der Waals surface area contributed by atoms with Gasteiger partial charge in [-0.15, -0.1) is 0 Å². The first-order chi connectivity index (χ1) is 19.2. The highest BCUT2D eigenvalue weighted by Crippen LogP contribution is 2.78. The number of carboxylic acid groups (broad SMARTS) is 1. The first-order valence-electron chi connectivity index (χ1n) is 17.0. The molecule has 4 nitrogen and oxygen atoms in total. The van der Waals surface area contributed by atoms with E-state index in [0.29, 0.717) is 23.7 Å². The first kappa shape index (κ1) is 29.7. The predicted molar refractivity (Wildman–Crippen MR) is 165 cm³/mol. The number of nitrogens with zero attached hydrogens (tertiary/aromatic N) is 1. The number of likely N-dealkylation sites (tertiary alicyclic amines) is 1. The van der Waals surface area contributed by atoms with Crippen molar-refractivity contribution in [2.45, 2.75) is 124 Å². The van der Waals surface area contributed by atoms with Crippen LogP contribution in [0.1, 0.15) is 119 Å². The minimum atomic E-state index is -0.934. The van der Waals surface area contributed by atoms with Gasteiger partial charge in [0.05, 0.1) is 12.0 Å². The van der Waals surface area contributed by atoms with Crippen molar-refractivity contribution in [2.75, 3.05) is 19.6 Å². The van der Waals surface area contributed by atoms with Crippen molar-refractivity contribution in [3.05, 3.63) is 12.2 Å². The average Bonchev–Trinajstić information content (AvgIpc) is 3.56. The standard InChI is InChI=1S/C37H57NO3/c1-25(2)26-13-17-36(31(39)40)20-19-34(6)27(30(26)36)11-12-29-33(5)18-21-37(41,15-10-24-38-22-8-9-23-38)32(3,4)28(33)14-16-35(29,34)7/h26-30,41H,1,8-9,11-14,16-24H2,2-7H3,(H,39,40)/t26-,27+,28-,29+,30+,33-,34+,35+,36-,37-/m0/s1. The second kappa shape index (κ2) is 9.59. The molecule has 0 radical (unpaired) electrons. The van der Waals surface area contributed by atoms with Crippen LogP contribution < -0.4 is 0 Å². The van der Waals surface area contributed by atoms with Crippen LogP contribution in [0.25, 0.3) is 0 Å². The summed E-state index contributed by atoms with van der Waals surface area (Å²) in [6, 6.07) is 0. The third-order valence-electron chi connectivity index (χ3n) is 15.5. The zero-order chi connectivity index (χ0) is 29.6. The SMILES string of the molecule is C=C(C)[C@@H]1CC[C@]2(C(=O)O)CC[C@]3(C)[C@H](CC[C@@H]4[C@@]5(C)CC[C@@](O)(C#CCN6CCCC6)C(C)(C)[C@@H]5CC[C@]43C)[C@@H]12. The Morgan fingerprint density at radius 2 is 1.59 bits per heavy atom. The van der Waals surface area contributed by atoms with E-state index in [2.05, 4.69) is 64.9 Å². The highest BCUT2D eigenvalue weighted by atomic mass is 16.4. The molecule has 5 saturated carbocycles. The van der Waals surface area contributed by atoms with Gasteiger partial charge in [0.15, 0.2) is 0 Å². The Kier molecular flexibility index (Phi) is 6.96. The lowest BCUT2D eigenvalue weighted by Gasteiger charge is -2.73. The van der Waals surface area contributed by atoms with Gasteiger partial charge in [-0.05, 0) is 143 Å². The molecule has 2 N–H and O–H groups in total. The van der Waals surface area contributed by atoms with Gasteiger partial charge in [-0.3, -0.25) is 9.69 Å². The van der Waals surface area contributed by atoms with Gasteiger partial charge in [0.1, 0.15) is 5.60 Å². The zero-order valence-electron chi connectivity index (χ0n) is 27.0. The molecule has 41 heavy (non-hydrogen) atoms. The number of hydrogen-bond acceptors (Lipinski definition) is 3. The molecule has 6 fully saturated rings. The molecule has 228 valence electrons. The molecule has 0 aromatic rings. The molecule has 0 bridgehead atoms. The summed E-state index contributed by atoms with van der Waals surface area (Å²) in [7, 11) is 0. The Labute approximate surface area is 250 Å². The molecule has 1 heterocycles. The minimum Gasteiger partial charge on any atom is -0.481 e. The molecule has 5 aliphatic carbocycles. The predicted octanol–water partition coefficient (Wildman–Crippen LogP) is 7.56. The Bertz CT molecular complexity index is 1160. The number of hydrogen-bond donors (Lipinski definition) is 2. The Hall–Kier alpha value is -1.31. The summed E-state index contributed by atoms with van der Waals surface area (Å²) < 4.78 is 0. The number of fused-ring (bicyclic) bond motifs is 7. The van der Waals surface area contributed by atoms with Crippen LogP contribution in [0.4, 0.5) is 0 Å². The van der Waals surface area contributed by atoms with Crippen LogP contribution in [0.5, 0.6) is 0 Å². The summed E-state index contributed by atoms with van der Waals surface area (Å²) >= 11 is 0. The fourth-order valence-electron chi connectivity index (χ4n) is 12.9. The molecule has 1 aliphatic heterocycles. The number of carbonyl (C=O) groups is 1. The minimum absolute atomic E-state index is 0.138. The van der Waals surface area contributed by atoms with E-state index >= 15 is 0 Å². The molecule has 0 spiro atoms. The van der Waals surface area contributed by atoms with E-state index in [9.17, 15) is 15.0 Å². The van der Waals surface area contributed by atoms with Crippen molar-refractivity contribution in [2.24, 2.45) is 56.7 Å². The van der Waals surface area contributed by atoms with E-state index in [1.807, 2.05) is 0 Å². The van der Waals surface area contributed by atoms with Gasteiger partial charge in [0, 0.05) is 5.41 Å². The number of aliphatic hydroxyl groups is 1. The summed E-state index contributed by atoms with van der Waals surface area (Å²) in [5, 5.41) is 22.8. The van der Waals surface area contributed by atoms with Crippen LogP contribution in [0, 0.1) is 68.5 Å². The Morgan fingerprint density at radius 1 is 0.878 bits per heavy atom. The van der Waals surface area contributed by atoms with E-state index < -0.39 is 17.0 Å². The first-order valence-corrected chi connectivity index (χ1v) is 17.0. The van der Waals surface area contributed by atoms with Crippen LogP contribution in [0.3, 0.4) is 0 Å². The van der Waals surface area contributed by atoms with Crippen molar-refractivity contribution >= 4 is 5.97 Å². The largest absolute Gasteiger partial charge is 0.481 e. The van der Waals surface area contributed by atoms with E-state index in [4.69, 9.17) is 0 Å². The number of carboxylic acids is 1. The maximum atomic E-state index is 12.9. The molecule has 10 atom stereocenters. The van der Waals surface area contributed by atoms with Crippen molar-refractivity contribution in [1.29, 1.82) is 0 Å². The third kappa shape index (κ3) is 3.89. The topological polar surface area (TPSA) is 60.8 Å². The monoisotopic (exact) mass is 563 g/mol. The second-order valence-corrected chi connectivity index (χ2v) is 17.0. The molecule has 0 unspecified atom stereocenters. The van der Waals surface area contributed by atoms with Crippen LogP contribution in [0.15, 0.2) is 12.2 Å². The Balaban J connectivity index is 1.31. The summed E-state index contributed by atoms with van der Waals surface area (Å²) in [6.45, 7) is 22.0. The fourth-order valence-corrected chi connectivity index (χ4v) is 12.9. The molecular weight excluding hydrogens is 506 g/mol. The van der Waals surface area contributed by atoms with Gasteiger partial charge in [-0.2, -0.15) is 0 Å². The summed E-state index contributed by atoms with van der Waals surface area (Å²) in [4.78, 5) is 15.3. The van der Waals surface area contributed by atoms with Gasteiger partial charge in [0.2, 0.25) is 0 Å². The lowest BCUT2D eigenvalue weighted by atomic mass is 9.31. The lowest BCUT2D eigenvalue weighted by Crippen LogP contribution is -2.68. The van der Waals surface area contributed by atoms with E-state index in [0.717, 1.165) is 71.0 Å². The fraction of sp³-hybridized carbons (Fsp3) is 0.865. The summed E-state index contributed by atoms with van der Waals surface area (Å²) in [5.74, 6) is 8.37. The Morgan fingerprint density at radius 3 is 2.24 bits per heavy atom.